The van der Waals surface area contributed by atoms with Gasteiger partial charge in [0, 0.05) is 24.4 Å². The third kappa shape index (κ3) is 4.52. The van der Waals surface area contributed by atoms with Gasteiger partial charge in [-0.1, -0.05) is 36.8 Å². The van der Waals surface area contributed by atoms with Crippen molar-refractivity contribution in [3.8, 4) is 0 Å². The van der Waals surface area contributed by atoms with Crippen molar-refractivity contribution in [3.05, 3.63) is 35.9 Å². The summed E-state index contributed by atoms with van der Waals surface area (Å²) in [5, 5.41) is 6.14. The highest BCUT2D eigenvalue weighted by Crippen LogP contribution is 2.41. The Kier molecular flexibility index (Phi) is 5.48. The summed E-state index contributed by atoms with van der Waals surface area (Å²) >= 11 is 0. The summed E-state index contributed by atoms with van der Waals surface area (Å²) in [7, 11) is 0. The van der Waals surface area contributed by atoms with E-state index in [-0.39, 0.29) is 23.8 Å². The standard InChI is InChI=1S/C22H31N3O2/c23-20-15-7-4-8-16(20)13-17(12-15)21(26)25-19(22(27)24-18-9-10-18)11-14-5-2-1-3-6-14/h1-3,5-6,15-20H,4,7-13,23H2,(H,24,27)(H,25,26). The Labute approximate surface area is 161 Å². The molecule has 3 aliphatic carbocycles. The highest BCUT2D eigenvalue weighted by atomic mass is 16.2. The first-order valence-electron chi connectivity index (χ1n) is 10.5. The molecule has 27 heavy (non-hydrogen) atoms. The number of amides is 2. The van der Waals surface area contributed by atoms with Gasteiger partial charge in [-0.05, 0) is 55.9 Å². The van der Waals surface area contributed by atoms with Crippen LogP contribution in [0.4, 0.5) is 0 Å². The predicted molar refractivity (Wildman–Crippen MR) is 105 cm³/mol. The second-order valence-corrected chi connectivity index (χ2v) is 8.73. The Morgan fingerprint density at radius 1 is 1.04 bits per heavy atom. The lowest BCUT2D eigenvalue weighted by molar-refractivity contribution is -0.133. The minimum absolute atomic E-state index is 0.00732. The van der Waals surface area contributed by atoms with Crippen LogP contribution < -0.4 is 16.4 Å². The summed E-state index contributed by atoms with van der Waals surface area (Å²) in [6.07, 6.45) is 7.86. The summed E-state index contributed by atoms with van der Waals surface area (Å²) in [5.74, 6) is 0.891. The number of rotatable bonds is 6. The first-order valence-corrected chi connectivity index (χ1v) is 10.5. The lowest BCUT2D eigenvalue weighted by Crippen LogP contribution is -2.53. The van der Waals surface area contributed by atoms with E-state index in [4.69, 9.17) is 5.73 Å². The van der Waals surface area contributed by atoms with Crippen LogP contribution in [0.5, 0.6) is 0 Å². The van der Waals surface area contributed by atoms with Gasteiger partial charge >= 0.3 is 0 Å². The zero-order valence-corrected chi connectivity index (χ0v) is 15.9. The monoisotopic (exact) mass is 369 g/mol. The van der Waals surface area contributed by atoms with Crippen molar-refractivity contribution >= 4 is 11.8 Å². The van der Waals surface area contributed by atoms with E-state index in [0.29, 0.717) is 24.3 Å². The van der Waals surface area contributed by atoms with Gasteiger partial charge in [-0.3, -0.25) is 9.59 Å². The van der Waals surface area contributed by atoms with E-state index in [1.165, 1.54) is 6.42 Å². The van der Waals surface area contributed by atoms with Crippen molar-refractivity contribution in [2.75, 3.05) is 0 Å². The van der Waals surface area contributed by atoms with E-state index in [2.05, 4.69) is 10.6 Å². The van der Waals surface area contributed by atoms with E-state index in [9.17, 15) is 9.59 Å². The molecule has 146 valence electrons. The van der Waals surface area contributed by atoms with Crippen LogP contribution in [0.2, 0.25) is 0 Å². The van der Waals surface area contributed by atoms with Crippen LogP contribution in [-0.4, -0.2) is 29.9 Å². The van der Waals surface area contributed by atoms with Gasteiger partial charge in [-0.2, -0.15) is 0 Å². The molecule has 0 spiro atoms. The fourth-order valence-corrected chi connectivity index (χ4v) is 4.88. The van der Waals surface area contributed by atoms with Crippen molar-refractivity contribution in [2.45, 2.75) is 69.5 Å². The van der Waals surface area contributed by atoms with Gasteiger partial charge in [-0.25, -0.2) is 0 Å². The maximum absolute atomic E-state index is 13.0. The first kappa shape index (κ1) is 18.5. The van der Waals surface area contributed by atoms with Crippen LogP contribution in [0.3, 0.4) is 0 Å². The van der Waals surface area contributed by atoms with Gasteiger partial charge < -0.3 is 16.4 Å². The van der Waals surface area contributed by atoms with E-state index < -0.39 is 6.04 Å². The third-order valence-corrected chi connectivity index (χ3v) is 6.62. The van der Waals surface area contributed by atoms with Crippen molar-refractivity contribution < 1.29 is 9.59 Å². The molecule has 3 unspecified atom stereocenters. The summed E-state index contributed by atoms with van der Waals surface area (Å²) in [6, 6.07) is 9.96. The molecule has 0 heterocycles. The molecule has 3 fully saturated rings. The molecule has 4 N–H and O–H groups in total. The molecule has 5 heteroatoms. The van der Waals surface area contributed by atoms with Crippen molar-refractivity contribution in [3.63, 3.8) is 0 Å². The third-order valence-electron chi connectivity index (χ3n) is 6.62. The maximum atomic E-state index is 13.0. The number of carbonyl (C=O) groups is 2. The fraction of sp³-hybridized carbons (Fsp3) is 0.636. The molecule has 0 aliphatic heterocycles. The molecule has 2 amide bonds. The van der Waals surface area contributed by atoms with Crippen LogP contribution in [0.15, 0.2) is 30.3 Å². The zero-order chi connectivity index (χ0) is 18.8. The van der Waals surface area contributed by atoms with E-state index in [0.717, 1.165) is 44.1 Å². The molecule has 0 aromatic heterocycles. The lowest BCUT2D eigenvalue weighted by atomic mass is 9.65. The normalized spacial score (nSPS) is 31.0. The van der Waals surface area contributed by atoms with Gasteiger partial charge in [0.15, 0.2) is 0 Å². The Hall–Kier alpha value is -1.88. The van der Waals surface area contributed by atoms with Crippen LogP contribution in [0.1, 0.15) is 50.5 Å². The summed E-state index contributed by atoms with van der Waals surface area (Å²) < 4.78 is 0. The molecular weight excluding hydrogens is 338 g/mol. The van der Waals surface area contributed by atoms with E-state index in [1.807, 2.05) is 30.3 Å². The molecular formula is C22H31N3O2. The Morgan fingerprint density at radius 3 is 2.33 bits per heavy atom. The van der Waals surface area contributed by atoms with E-state index >= 15 is 0 Å². The average molecular weight is 370 g/mol. The van der Waals surface area contributed by atoms with Gasteiger partial charge in [-0.15, -0.1) is 0 Å². The van der Waals surface area contributed by atoms with Gasteiger partial charge in [0.05, 0.1) is 0 Å². The molecule has 5 nitrogen and oxygen atoms in total. The quantitative estimate of drug-likeness (QED) is 0.718. The number of nitrogens with one attached hydrogen (secondary N) is 2. The fourth-order valence-electron chi connectivity index (χ4n) is 4.88. The molecule has 3 atom stereocenters. The molecule has 2 bridgehead atoms. The van der Waals surface area contributed by atoms with Gasteiger partial charge in [0.25, 0.3) is 0 Å². The van der Waals surface area contributed by atoms with Crippen LogP contribution in [-0.2, 0) is 16.0 Å². The Bertz CT molecular complexity index is 659. The highest BCUT2D eigenvalue weighted by Gasteiger charge is 2.41. The lowest BCUT2D eigenvalue weighted by Gasteiger charge is -2.43. The predicted octanol–water partition coefficient (Wildman–Crippen LogP) is 2.15. The summed E-state index contributed by atoms with van der Waals surface area (Å²) in [5.41, 5.74) is 7.43. The number of benzene rings is 1. The van der Waals surface area contributed by atoms with Crippen LogP contribution >= 0.6 is 0 Å². The molecule has 1 aromatic rings. The van der Waals surface area contributed by atoms with Crippen molar-refractivity contribution in [1.82, 2.24) is 10.6 Å². The molecule has 4 rings (SSSR count). The Morgan fingerprint density at radius 2 is 1.70 bits per heavy atom. The number of nitrogens with two attached hydrogens (primary N) is 1. The molecule has 3 saturated carbocycles. The average Bonchev–Trinajstić information content (AvgIpc) is 3.45. The first-order chi connectivity index (χ1) is 13.1. The van der Waals surface area contributed by atoms with E-state index in [1.54, 1.807) is 0 Å². The topological polar surface area (TPSA) is 84.2 Å². The van der Waals surface area contributed by atoms with Crippen molar-refractivity contribution in [2.24, 2.45) is 23.5 Å². The smallest absolute Gasteiger partial charge is 0.243 e. The SMILES string of the molecule is NC1C2CCCC1CC(C(=O)NC(Cc1ccccc1)C(=O)NC1CC1)C2. The number of hydrogen-bond acceptors (Lipinski definition) is 3. The number of fused-ring (bicyclic) bond motifs is 2. The molecule has 1 aromatic carbocycles. The minimum atomic E-state index is -0.504. The van der Waals surface area contributed by atoms with Crippen LogP contribution in [0, 0.1) is 17.8 Å². The van der Waals surface area contributed by atoms with Gasteiger partial charge in [0.1, 0.15) is 6.04 Å². The van der Waals surface area contributed by atoms with Crippen LogP contribution in [0.25, 0.3) is 0 Å². The Balaban J connectivity index is 1.42. The second kappa shape index (κ2) is 8.01. The number of hydrogen-bond donors (Lipinski definition) is 3. The maximum Gasteiger partial charge on any atom is 0.243 e. The second-order valence-electron chi connectivity index (χ2n) is 8.73. The molecule has 0 saturated heterocycles. The molecule has 0 radical (unpaired) electrons. The summed E-state index contributed by atoms with van der Waals surface area (Å²) in [4.78, 5) is 25.7. The highest BCUT2D eigenvalue weighted by molar-refractivity contribution is 5.89. The largest absolute Gasteiger partial charge is 0.352 e. The minimum Gasteiger partial charge on any atom is -0.352 e. The molecule has 3 aliphatic rings. The summed E-state index contributed by atoms with van der Waals surface area (Å²) in [6.45, 7) is 0. The van der Waals surface area contributed by atoms with Crippen molar-refractivity contribution in [1.29, 1.82) is 0 Å². The van der Waals surface area contributed by atoms with Gasteiger partial charge in [0.2, 0.25) is 11.8 Å². The zero-order valence-electron chi connectivity index (χ0n) is 15.9. The number of carbonyl (C=O) groups excluding carboxylic acids is 2.